The summed E-state index contributed by atoms with van der Waals surface area (Å²) in [7, 11) is 0. The van der Waals surface area contributed by atoms with Gasteiger partial charge in [-0.05, 0) is 13.3 Å². The summed E-state index contributed by atoms with van der Waals surface area (Å²) >= 11 is 0. The summed E-state index contributed by atoms with van der Waals surface area (Å²) in [5.41, 5.74) is 4.13. The van der Waals surface area contributed by atoms with Crippen LogP contribution in [0.2, 0.25) is 6.32 Å². The third kappa shape index (κ3) is 5.93. The van der Waals surface area contributed by atoms with Crippen LogP contribution >= 0.6 is 0 Å². The summed E-state index contributed by atoms with van der Waals surface area (Å²) in [5.74, 6) is -1.09. The van der Waals surface area contributed by atoms with E-state index in [0.717, 1.165) is 0 Å². The molecule has 0 aliphatic carbocycles. The maximum atomic E-state index is 10.5. The molecule has 0 amide bonds. The highest BCUT2D eigenvalue weighted by molar-refractivity contribution is 6.56. The number of rotatable bonds is 6. The standard InChI is InChI=1S/C7H17BNO5/c1-7(9,6(10)11)4-2-3-5-8(12,13)14/h12-14H,2-5,9H2,1H3,(H,10,11)/q-1/t7-/m0/s1. The summed E-state index contributed by atoms with van der Waals surface area (Å²) in [6.07, 6.45) is 0.818. The van der Waals surface area contributed by atoms with Gasteiger partial charge in [0, 0.05) is 0 Å². The van der Waals surface area contributed by atoms with E-state index in [-0.39, 0.29) is 12.7 Å². The minimum absolute atomic E-state index is 0.157. The Labute approximate surface area is 82.4 Å². The Kier molecular flexibility index (Phi) is 4.53. The van der Waals surface area contributed by atoms with Gasteiger partial charge in [0.25, 0.3) is 0 Å². The Morgan fingerprint density at radius 1 is 1.36 bits per heavy atom. The summed E-state index contributed by atoms with van der Waals surface area (Å²) in [5, 5.41) is 34.4. The molecule has 0 aromatic carbocycles. The lowest BCUT2D eigenvalue weighted by atomic mass is 9.73. The van der Waals surface area contributed by atoms with Crippen molar-refractivity contribution >= 4 is 12.7 Å². The highest BCUT2D eigenvalue weighted by atomic mass is 16.5. The number of hydrogen-bond acceptors (Lipinski definition) is 5. The SMILES string of the molecule is C[C@](N)(CCCC[B-](O)(O)O)C(=O)O. The molecule has 0 fully saturated rings. The predicted octanol–water partition coefficient (Wildman–Crippen LogP) is -1.13. The van der Waals surface area contributed by atoms with E-state index < -0.39 is 18.3 Å². The van der Waals surface area contributed by atoms with Crippen LogP contribution in [0.1, 0.15) is 26.2 Å². The van der Waals surface area contributed by atoms with Crippen LogP contribution in [0.25, 0.3) is 0 Å². The topological polar surface area (TPSA) is 124 Å². The van der Waals surface area contributed by atoms with Crippen molar-refractivity contribution in [3.8, 4) is 0 Å². The molecule has 0 saturated carbocycles. The lowest BCUT2D eigenvalue weighted by Crippen LogP contribution is -2.44. The van der Waals surface area contributed by atoms with Gasteiger partial charge in [-0.25, -0.2) is 0 Å². The molecule has 84 valence electrons. The molecule has 0 rings (SSSR count). The summed E-state index contributed by atoms with van der Waals surface area (Å²) in [6.45, 7) is -1.86. The number of carboxylic acid groups (broad SMARTS) is 1. The highest BCUT2D eigenvalue weighted by Crippen LogP contribution is 2.14. The van der Waals surface area contributed by atoms with Crippen molar-refractivity contribution in [3.05, 3.63) is 0 Å². The van der Waals surface area contributed by atoms with Gasteiger partial charge in [0.15, 0.2) is 0 Å². The van der Waals surface area contributed by atoms with Gasteiger partial charge in [-0.15, -0.1) is 0 Å². The first kappa shape index (κ1) is 13.4. The molecule has 6 nitrogen and oxygen atoms in total. The maximum Gasteiger partial charge on any atom is 0.371 e. The quantitative estimate of drug-likeness (QED) is 0.277. The molecule has 0 aromatic rings. The molecule has 0 heterocycles. The fourth-order valence-corrected chi connectivity index (χ4v) is 1.02. The van der Waals surface area contributed by atoms with Gasteiger partial charge in [0.2, 0.25) is 0 Å². The minimum atomic E-state index is -3.26. The zero-order valence-corrected chi connectivity index (χ0v) is 8.18. The Morgan fingerprint density at radius 3 is 2.21 bits per heavy atom. The zero-order valence-electron chi connectivity index (χ0n) is 8.18. The zero-order chi connectivity index (χ0) is 11.4. The van der Waals surface area contributed by atoms with Crippen LogP contribution in [0.5, 0.6) is 0 Å². The van der Waals surface area contributed by atoms with Crippen LogP contribution in [-0.4, -0.2) is 38.4 Å². The van der Waals surface area contributed by atoms with E-state index in [4.69, 9.17) is 25.9 Å². The van der Waals surface area contributed by atoms with Crippen molar-refractivity contribution < 1.29 is 25.0 Å². The molecule has 0 aliphatic heterocycles. The number of unbranched alkanes of at least 4 members (excludes halogenated alkanes) is 1. The largest absolute Gasteiger partial charge is 0.560 e. The van der Waals surface area contributed by atoms with Crippen LogP contribution in [0.4, 0.5) is 0 Å². The summed E-state index contributed by atoms with van der Waals surface area (Å²) < 4.78 is 0. The number of hydrogen-bond donors (Lipinski definition) is 5. The first-order chi connectivity index (χ1) is 6.15. The van der Waals surface area contributed by atoms with Gasteiger partial charge < -0.3 is 25.9 Å². The molecule has 0 unspecified atom stereocenters. The van der Waals surface area contributed by atoms with E-state index in [1.54, 1.807) is 0 Å². The summed E-state index contributed by atoms with van der Waals surface area (Å²) in [6, 6.07) is 0. The molecular formula is C7H17BNO5-. The van der Waals surface area contributed by atoms with Gasteiger partial charge in [0.05, 0.1) is 0 Å². The van der Waals surface area contributed by atoms with Gasteiger partial charge in [-0.1, -0.05) is 19.2 Å². The lowest BCUT2D eigenvalue weighted by molar-refractivity contribution is -0.142. The van der Waals surface area contributed by atoms with E-state index >= 15 is 0 Å². The molecular weight excluding hydrogens is 189 g/mol. The van der Waals surface area contributed by atoms with Gasteiger partial charge in [-0.3, -0.25) is 4.79 Å². The molecule has 7 heteroatoms. The molecule has 14 heavy (non-hydrogen) atoms. The molecule has 0 spiro atoms. The number of nitrogens with two attached hydrogens (primary N) is 1. The summed E-state index contributed by atoms with van der Waals surface area (Å²) in [4.78, 5) is 10.5. The molecule has 0 saturated heterocycles. The van der Waals surface area contributed by atoms with E-state index in [9.17, 15) is 4.79 Å². The Balaban J connectivity index is 3.70. The van der Waals surface area contributed by atoms with E-state index in [0.29, 0.717) is 12.8 Å². The molecule has 0 radical (unpaired) electrons. The Bertz CT molecular complexity index is 201. The first-order valence-corrected chi connectivity index (χ1v) is 4.50. The maximum absolute atomic E-state index is 10.5. The van der Waals surface area contributed by atoms with Crippen LogP contribution in [0.15, 0.2) is 0 Å². The minimum Gasteiger partial charge on any atom is -0.560 e. The van der Waals surface area contributed by atoms with Crippen LogP contribution in [0, 0.1) is 0 Å². The second-order valence-electron chi connectivity index (χ2n) is 3.86. The fourth-order valence-electron chi connectivity index (χ4n) is 1.02. The predicted molar refractivity (Wildman–Crippen MR) is 51.3 cm³/mol. The molecule has 0 bridgehead atoms. The molecule has 0 aliphatic rings. The van der Waals surface area contributed by atoms with Gasteiger partial charge >= 0.3 is 12.7 Å². The van der Waals surface area contributed by atoms with Gasteiger partial charge in [-0.2, -0.15) is 0 Å². The van der Waals surface area contributed by atoms with Crippen LogP contribution < -0.4 is 5.73 Å². The van der Waals surface area contributed by atoms with Crippen molar-refractivity contribution in [2.24, 2.45) is 5.73 Å². The monoisotopic (exact) mass is 206 g/mol. The van der Waals surface area contributed by atoms with E-state index in [1.165, 1.54) is 6.92 Å². The normalized spacial score (nSPS) is 16.4. The van der Waals surface area contributed by atoms with E-state index in [2.05, 4.69) is 0 Å². The first-order valence-electron chi connectivity index (χ1n) is 4.50. The number of carboxylic acids is 1. The molecule has 1 atom stereocenters. The van der Waals surface area contributed by atoms with Crippen molar-refractivity contribution in [2.75, 3.05) is 0 Å². The molecule has 6 N–H and O–H groups in total. The highest BCUT2D eigenvalue weighted by Gasteiger charge is 2.27. The second kappa shape index (κ2) is 4.74. The van der Waals surface area contributed by atoms with Crippen molar-refractivity contribution in [1.82, 2.24) is 0 Å². The average molecular weight is 206 g/mol. The van der Waals surface area contributed by atoms with Crippen LogP contribution in [-0.2, 0) is 4.79 Å². The molecule has 0 aromatic heterocycles. The third-order valence-electron chi connectivity index (χ3n) is 2.03. The fraction of sp³-hybridized carbons (Fsp3) is 0.857. The Morgan fingerprint density at radius 2 is 1.86 bits per heavy atom. The number of carbonyl (C=O) groups is 1. The Hall–Kier alpha value is -0.625. The van der Waals surface area contributed by atoms with Crippen molar-refractivity contribution in [3.63, 3.8) is 0 Å². The van der Waals surface area contributed by atoms with Crippen LogP contribution in [0.3, 0.4) is 0 Å². The third-order valence-corrected chi connectivity index (χ3v) is 2.03. The van der Waals surface area contributed by atoms with Crippen molar-refractivity contribution in [1.29, 1.82) is 0 Å². The van der Waals surface area contributed by atoms with Gasteiger partial charge in [0.1, 0.15) is 5.54 Å². The van der Waals surface area contributed by atoms with E-state index in [1.807, 2.05) is 0 Å². The second-order valence-corrected chi connectivity index (χ2v) is 3.86. The number of aliphatic carboxylic acids is 1. The smallest absolute Gasteiger partial charge is 0.371 e. The van der Waals surface area contributed by atoms with Crippen molar-refractivity contribution in [2.45, 2.75) is 38.0 Å². The lowest BCUT2D eigenvalue weighted by Gasteiger charge is -2.22. The average Bonchev–Trinajstić information content (AvgIpc) is 1.96.